The van der Waals surface area contributed by atoms with Gasteiger partial charge in [-0.15, -0.1) is 11.3 Å². The van der Waals surface area contributed by atoms with Crippen LogP contribution in [0.1, 0.15) is 46.7 Å². The minimum absolute atomic E-state index is 0.184. The third-order valence-corrected chi connectivity index (χ3v) is 7.19. The number of benzene rings is 1. The van der Waals surface area contributed by atoms with Crippen molar-refractivity contribution >= 4 is 27.3 Å². The molecule has 2 aliphatic rings. The standard InChI is InChI=1S/C20H23BrO4S/c1-3-14-4-5-15(26-14)7-12-8-16-13(9-17(12)21)10-24-20(16)19(23)18(22)6-11(2)25-20/h4-5,8-9,11,18-19,22-23H,3,6-7,10H2,1-2H3/t11?,18?,19-,20+/m1/s1. The maximum Gasteiger partial charge on any atom is 0.225 e. The first-order chi connectivity index (χ1) is 12.4. The Morgan fingerprint density at radius 2 is 2.04 bits per heavy atom. The first kappa shape index (κ1) is 18.6. The number of hydrogen-bond acceptors (Lipinski definition) is 5. The zero-order valence-electron chi connectivity index (χ0n) is 14.9. The Labute approximate surface area is 165 Å². The lowest BCUT2D eigenvalue weighted by Gasteiger charge is -2.43. The Morgan fingerprint density at radius 3 is 2.77 bits per heavy atom. The molecule has 0 bridgehead atoms. The Hall–Kier alpha value is -0.760. The van der Waals surface area contributed by atoms with Crippen molar-refractivity contribution in [1.82, 2.24) is 0 Å². The molecule has 0 saturated carbocycles. The third-order valence-electron chi connectivity index (χ3n) is 5.22. The van der Waals surface area contributed by atoms with E-state index < -0.39 is 18.0 Å². The average Bonchev–Trinajstić information content (AvgIpc) is 3.19. The number of thiophene rings is 1. The first-order valence-corrected chi connectivity index (χ1v) is 10.6. The normalized spacial score (nSPS) is 30.7. The molecule has 2 aliphatic heterocycles. The second-order valence-electron chi connectivity index (χ2n) is 7.13. The summed E-state index contributed by atoms with van der Waals surface area (Å²) in [6.07, 6.45) is 0.116. The Kier molecular flexibility index (Phi) is 5.01. The van der Waals surface area contributed by atoms with Crippen molar-refractivity contribution in [2.24, 2.45) is 0 Å². The molecule has 0 aliphatic carbocycles. The van der Waals surface area contributed by atoms with Crippen LogP contribution in [0.15, 0.2) is 28.7 Å². The number of rotatable bonds is 3. The van der Waals surface area contributed by atoms with Crippen LogP contribution in [0.4, 0.5) is 0 Å². The van der Waals surface area contributed by atoms with Crippen LogP contribution in [0.25, 0.3) is 0 Å². The number of fused-ring (bicyclic) bond motifs is 2. The molecule has 26 heavy (non-hydrogen) atoms. The predicted octanol–water partition coefficient (Wildman–Crippen LogP) is 3.88. The van der Waals surface area contributed by atoms with Gasteiger partial charge in [-0.1, -0.05) is 22.9 Å². The van der Waals surface area contributed by atoms with Gasteiger partial charge in [0, 0.05) is 32.6 Å². The summed E-state index contributed by atoms with van der Waals surface area (Å²) < 4.78 is 13.0. The van der Waals surface area contributed by atoms with Crippen LogP contribution >= 0.6 is 27.3 Å². The van der Waals surface area contributed by atoms with Gasteiger partial charge >= 0.3 is 0 Å². The highest BCUT2D eigenvalue weighted by atomic mass is 79.9. The van der Waals surface area contributed by atoms with Crippen molar-refractivity contribution in [3.05, 3.63) is 55.2 Å². The second kappa shape index (κ2) is 7.00. The van der Waals surface area contributed by atoms with Crippen LogP contribution in [-0.4, -0.2) is 28.5 Å². The highest BCUT2D eigenvalue weighted by Gasteiger charge is 2.54. The van der Waals surface area contributed by atoms with Gasteiger partial charge in [-0.2, -0.15) is 0 Å². The summed E-state index contributed by atoms with van der Waals surface area (Å²) in [4.78, 5) is 2.68. The van der Waals surface area contributed by atoms with Gasteiger partial charge in [-0.05, 0) is 48.7 Å². The molecule has 140 valence electrons. The molecule has 1 spiro atoms. The van der Waals surface area contributed by atoms with Gasteiger partial charge in [0.1, 0.15) is 6.10 Å². The van der Waals surface area contributed by atoms with Gasteiger partial charge in [0.05, 0.1) is 18.8 Å². The largest absolute Gasteiger partial charge is 0.390 e. The Bertz CT molecular complexity index is 820. The van der Waals surface area contributed by atoms with E-state index in [4.69, 9.17) is 9.47 Å². The smallest absolute Gasteiger partial charge is 0.225 e. The minimum atomic E-state index is -1.27. The summed E-state index contributed by atoms with van der Waals surface area (Å²) in [5, 5.41) is 20.9. The van der Waals surface area contributed by atoms with Crippen LogP contribution in [0.5, 0.6) is 0 Å². The van der Waals surface area contributed by atoms with E-state index in [0.717, 1.165) is 34.0 Å². The van der Waals surface area contributed by atoms with E-state index in [1.807, 2.05) is 18.3 Å². The summed E-state index contributed by atoms with van der Waals surface area (Å²) in [6, 6.07) is 8.46. The molecule has 1 saturated heterocycles. The zero-order chi connectivity index (χ0) is 18.5. The van der Waals surface area contributed by atoms with Crippen molar-refractivity contribution in [2.45, 2.75) is 63.8 Å². The number of aliphatic hydroxyl groups excluding tert-OH is 2. The van der Waals surface area contributed by atoms with Gasteiger partial charge in [0.2, 0.25) is 5.79 Å². The molecular formula is C20H23BrO4S. The van der Waals surface area contributed by atoms with Crippen LogP contribution in [0.3, 0.4) is 0 Å². The van der Waals surface area contributed by atoms with Crippen molar-refractivity contribution in [3.63, 3.8) is 0 Å². The Morgan fingerprint density at radius 1 is 1.27 bits per heavy atom. The van der Waals surface area contributed by atoms with Gasteiger partial charge < -0.3 is 19.7 Å². The number of hydrogen-bond donors (Lipinski definition) is 2. The summed E-state index contributed by atoms with van der Waals surface area (Å²) in [5.74, 6) is -1.27. The quantitative estimate of drug-likeness (QED) is 0.763. The molecule has 4 rings (SSSR count). The molecule has 1 aromatic heterocycles. The third kappa shape index (κ3) is 3.07. The van der Waals surface area contributed by atoms with Gasteiger partial charge in [0.25, 0.3) is 0 Å². The lowest BCUT2D eigenvalue weighted by molar-refractivity contribution is -0.342. The van der Waals surface area contributed by atoms with E-state index in [2.05, 4.69) is 47.1 Å². The van der Waals surface area contributed by atoms with E-state index in [1.165, 1.54) is 9.75 Å². The molecular weight excluding hydrogens is 416 g/mol. The number of halogens is 1. The molecule has 1 fully saturated rings. The van der Waals surface area contributed by atoms with E-state index in [1.54, 1.807) is 0 Å². The molecule has 1 aromatic carbocycles. The maximum absolute atomic E-state index is 10.7. The lowest BCUT2D eigenvalue weighted by Crippen LogP contribution is -2.55. The van der Waals surface area contributed by atoms with Gasteiger partial charge in [-0.25, -0.2) is 0 Å². The SMILES string of the molecule is CCc1ccc(Cc2cc3c(cc2Br)CO[C@]32OC(C)CC(O)[C@H]2O)s1. The van der Waals surface area contributed by atoms with Crippen LogP contribution in [0.2, 0.25) is 0 Å². The number of aryl methyl sites for hydroxylation is 1. The monoisotopic (exact) mass is 438 g/mol. The fourth-order valence-corrected chi connectivity index (χ4v) is 5.39. The fraction of sp³-hybridized carbons (Fsp3) is 0.500. The molecule has 2 N–H and O–H groups in total. The van der Waals surface area contributed by atoms with Gasteiger partial charge in [-0.3, -0.25) is 0 Å². The molecule has 2 aromatic rings. The fourth-order valence-electron chi connectivity index (χ4n) is 3.88. The Balaban J connectivity index is 1.72. The highest BCUT2D eigenvalue weighted by Crippen LogP contribution is 2.47. The molecule has 2 unspecified atom stereocenters. The van der Waals surface area contributed by atoms with E-state index in [0.29, 0.717) is 13.0 Å². The van der Waals surface area contributed by atoms with Crippen molar-refractivity contribution in [3.8, 4) is 0 Å². The second-order valence-corrected chi connectivity index (χ2v) is 9.24. The molecule has 4 nitrogen and oxygen atoms in total. The maximum atomic E-state index is 10.7. The predicted molar refractivity (Wildman–Crippen MR) is 104 cm³/mol. The van der Waals surface area contributed by atoms with Crippen LogP contribution in [-0.2, 0) is 34.7 Å². The molecule has 0 radical (unpaired) electrons. The van der Waals surface area contributed by atoms with Crippen molar-refractivity contribution < 1.29 is 19.7 Å². The topological polar surface area (TPSA) is 58.9 Å². The van der Waals surface area contributed by atoms with E-state index in [9.17, 15) is 10.2 Å². The van der Waals surface area contributed by atoms with Crippen LogP contribution < -0.4 is 0 Å². The molecule has 4 atom stereocenters. The first-order valence-electron chi connectivity index (χ1n) is 9.00. The summed E-state index contributed by atoms with van der Waals surface area (Å²) in [7, 11) is 0. The van der Waals surface area contributed by atoms with Gasteiger partial charge in [0.15, 0.2) is 0 Å². The van der Waals surface area contributed by atoms with Crippen LogP contribution in [0, 0.1) is 0 Å². The number of ether oxygens (including phenoxy) is 2. The molecule has 0 amide bonds. The molecule has 6 heteroatoms. The summed E-state index contributed by atoms with van der Waals surface area (Å²) in [6.45, 7) is 4.43. The van der Waals surface area contributed by atoms with Crippen molar-refractivity contribution in [1.29, 1.82) is 0 Å². The molecule has 3 heterocycles. The number of aliphatic hydroxyl groups is 2. The highest BCUT2D eigenvalue weighted by molar-refractivity contribution is 9.10. The lowest BCUT2D eigenvalue weighted by atomic mass is 9.88. The van der Waals surface area contributed by atoms with E-state index in [-0.39, 0.29) is 6.10 Å². The van der Waals surface area contributed by atoms with Crippen molar-refractivity contribution in [2.75, 3.05) is 0 Å². The average molecular weight is 439 g/mol. The van der Waals surface area contributed by atoms with E-state index >= 15 is 0 Å². The zero-order valence-corrected chi connectivity index (χ0v) is 17.3. The minimum Gasteiger partial charge on any atom is -0.390 e. The summed E-state index contributed by atoms with van der Waals surface area (Å²) >= 11 is 5.50. The summed E-state index contributed by atoms with van der Waals surface area (Å²) in [5.41, 5.74) is 2.95.